The molecular formula is C14H23NO2S. The molecule has 1 aromatic carbocycles. The highest BCUT2D eigenvalue weighted by molar-refractivity contribution is 7.85. The second kappa shape index (κ2) is 7.67. The number of ether oxygens (including phenoxy) is 1. The molecule has 0 fully saturated rings. The standard InChI is InChI=1S/C14H23NO2S/c1-11-5-6-12(2)13(9-11)14(15)10-18(16)8-4-7-17-3/h5-6,9,14H,4,7-8,10,15H2,1-3H3. The number of benzene rings is 1. The largest absolute Gasteiger partial charge is 0.385 e. The number of methoxy groups -OCH3 is 1. The Morgan fingerprint density at radius 1 is 1.39 bits per heavy atom. The van der Waals surface area contributed by atoms with Gasteiger partial charge in [-0.15, -0.1) is 0 Å². The van der Waals surface area contributed by atoms with Crippen LogP contribution in [0, 0.1) is 13.8 Å². The van der Waals surface area contributed by atoms with Gasteiger partial charge in [-0.3, -0.25) is 4.21 Å². The number of rotatable bonds is 7. The Morgan fingerprint density at radius 2 is 2.11 bits per heavy atom. The van der Waals surface area contributed by atoms with Crippen LogP contribution in [0.2, 0.25) is 0 Å². The number of aryl methyl sites for hydroxylation is 2. The molecule has 2 N–H and O–H groups in total. The smallest absolute Gasteiger partial charge is 0.0471 e. The highest BCUT2D eigenvalue weighted by Gasteiger charge is 2.12. The maximum Gasteiger partial charge on any atom is 0.0471 e. The Morgan fingerprint density at radius 3 is 2.78 bits per heavy atom. The number of hydrogen-bond acceptors (Lipinski definition) is 3. The molecule has 0 amide bonds. The molecule has 0 bridgehead atoms. The van der Waals surface area contributed by atoms with Gasteiger partial charge in [0.15, 0.2) is 0 Å². The normalized spacial score (nSPS) is 14.4. The fourth-order valence-corrected chi connectivity index (χ4v) is 3.08. The maximum atomic E-state index is 11.9. The molecule has 102 valence electrons. The monoisotopic (exact) mass is 269 g/mol. The van der Waals surface area contributed by atoms with Crippen molar-refractivity contribution in [2.24, 2.45) is 5.73 Å². The minimum absolute atomic E-state index is 0.145. The quantitative estimate of drug-likeness (QED) is 0.771. The topological polar surface area (TPSA) is 52.3 Å². The summed E-state index contributed by atoms with van der Waals surface area (Å²) in [5.74, 6) is 1.18. The fraction of sp³-hybridized carbons (Fsp3) is 0.571. The molecule has 0 aliphatic heterocycles. The van der Waals surface area contributed by atoms with Crippen LogP contribution in [0.15, 0.2) is 18.2 Å². The van der Waals surface area contributed by atoms with Crippen LogP contribution >= 0.6 is 0 Å². The summed E-state index contributed by atoms with van der Waals surface area (Å²) in [4.78, 5) is 0. The van der Waals surface area contributed by atoms with Gasteiger partial charge in [0.05, 0.1) is 0 Å². The predicted molar refractivity (Wildman–Crippen MR) is 77.2 cm³/mol. The van der Waals surface area contributed by atoms with Crippen molar-refractivity contribution < 1.29 is 8.95 Å². The summed E-state index contributed by atoms with van der Waals surface area (Å²) in [5.41, 5.74) is 9.61. The van der Waals surface area contributed by atoms with Crippen LogP contribution in [0.1, 0.15) is 29.2 Å². The van der Waals surface area contributed by atoms with Crippen molar-refractivity contribution in [2.45, 2.75) is 26.3 Å². The zero-order valence-corrected chi connectivity index (χ0v) is 12.3. The summed E-state index contributed by atoms with van der Waals surface area (Å²) in [6.45, 7) is 4.75. The molecule has 0 heterocycles. The zero-order chi connectivity index (χ0) is 13.5. The Labute approximate surface area is 112 Å². The third-order valence-electron chi connectivity index (χ3n) is 2.92. The third kappa shape index (κ3) is 4.88. The van der Waals surface area contributed by atoms with Gasteiger partial charge in [0.2, 0.25) is 0 Å². The van der Waals surface area contributed by atoms with E-state index < -0.39 is 10.8 Å². The van der Waals surface area contributed by atoms with Gasteiger partial charge in [0, 0.05) is 42.1 Å². The molecule has 2 unspecified atom stereocenters. The van der Waals surface area contributed by atoms with Crippen LogP contribution in [0.4, 0.5) is 0 Å². The van der Waals surface area contributed by atoms with E-state index in [4.69, 9.17) is 10.5 Å². The van der Waals surface area contributed by atoms with Crippen molar-refractivity contribution >= 4 is 10.8 Å². The molecule has 0 saturated heterocycles. The van der Waals surface area contributed by atoms with Gasteiger partial charge in [0.1, 0.15) is 0 Å². The Hall–Kier alpha value is -0.710. The molecule has 0 aliphatic rings. The van der Waals surface area contributed by atoms with Crippen molar-refractivity contribution in [3.8, 4) is 0 Å². The average molecular weight is 269 g/mol. The molecule has 0 spiro atoms. The third-order valence-corrected chi connectivity index (χ3v) is 4.40. The summed E-state index contributed by atoms with van der Waals surface area (Å²) in [6, 6.07) is 6.08. The van der Waals surface area contributed by atoms with Crippen molar-refractivity contribution in [2.75, 3.05) is 25.2 Å². The first kappa shape index (κ1) is 15.3. The van der Waals surface area contributed by atoms with Crippen LogP contribution in [0.5, 0.6) is 0 Å². The molecule has 0 saturated carbocycles. The Kier molecular flexibility index (Phi) is 6.54. The lowest BCUT2D eigenvalue weighted by Crippen LogP contribution is -2.21. The second-order valence-electron chi connectivity index (χ2n) is 4.62. The van der Waals surface area contributed by atoms with E-state index in [0.717, 1.165) is 12.0 Å². The van der Waals surface area contributed by atoms with E-state index in [9.17, 15) is 4.21 Å². The van der Waals surface area contributed by atoms with Gasteiger partial charge in [-0.2, -0.15) is 0 Å². The zero-order valence-electron chi connectivity index (χ0n) is 11.4. The van der Waals surface area contributed by atoms with Gasteiger partial charge >= 0.3 is 0 Å². The minimum atomic E-state index is -0.872. The van der Waals surface area contributed by atoms with Crippen LogP contribution in [0.25, 0.3) is 0 Å². The molecule has 1 aromatic rings. The molecule has 1 rings (SSSR count). The molecule has 4 heteroatoms. The summed E-state index contributed by atoms with van der Waals surface area (Å²) in [5, 5.41) is 0. The van der Waals surface area contributed by atoms with Crippen LogP contribution in [0.3, 0.4) is 0 Å². The lowest BCUT2D eigenvalue weighted by atomic mass is 10.0. The molecule has 0 radical (unpaired) electrons. The van der Waals surface area contributed by atoms with E-state index in [1.54, 1.807) is 7.11 Å². The highest BCUT2D eigenvalue weighted by Crippen LogP contribution is 2.18. The predicted octanol–water partition coefficient (Wildman–Crippen LogP) is 2.09. The first-order valence-corrected chi connectivity index (χ1v) is 7.70. The van der Waals surface area contributed by atoms with Crippen LogP contribution < -0.4 is 5.73 Å². The van der Waals surface area contributed by atoms with E-state index in [1.807, 2.05) is 13.8 Å². The maximum absolute atomic E-state index is 11.9. The molecular weight excluding hydrogens is 246 g/mol. The van der Waals surface area contributed by atoms with E-state index in [-0.39, 0.29) is 6.04 Å². The van der Waals surface area contributed by atoms with Crippen LogP contribution in [-0.2, 0) is 15.5 Å². The van der Waals surface area contributed by atoms with Crippen molar-refractivity contribution in [3.05, 3.63) is 34.9 Å². The Balaban J connectivity index is 2.56. The lowest BCUT2D eigenvalue weighted by Gasteiger charge is -2.15. The van der Waals surface area contributed by atoms with Crippen LogP contribution in [-0.4, -0.2) is 29.4 Å². The minimum Gasteiger partial charge on any atom is -0.385 e. The summed E-state index contributed by atoms with van der Waals surface area (Å²) < 4.78 is 16.8. The molecule has 18 heavy (non-hydrogen) atoms. The number of nitrogens with two attached hydrogens (primary N) is 1. The molecule has 2 atom stereocenters. The summed E-state index contributed by atoms with van der Waals surface area (Å²) in [7, 11) is 0.786. The van der Waals surface area contributed by atoms with Gasteiger partial charge in [0.25, 0.3) is 0 Å². The van der Waals surface area contributed by atoms with Gasteiger partial charge in [-0.05, 0) is 31.4 Å². The summed E-state index contributed by atoms with van der Waals surface area (Å²) in [6.07, 6.45) is 0.822. The van der Waals surface area contributed by atoms with Crippen molar-refractivity contribution in [1.82, 2.24) is 0 Å². The molecule has 0 aromatic heterocycles. The van der Waals surface area contributed by atoms with Crippen molar-refractivity contribution in [1.29, 1.82) is 0 Å². The molecule has 0 aliphatic carbocycles. The molecule has 3 nitrogen and oxygen atoms in total. The lowest BCUT2D eigenvalue weighted by molar-refractivity contribution is 0.200. The van der Waals surface area contributed by atoms with Crippen molar-refractivity contribution in [3.63, 3.8) is 0 Å². The van der Waals surface area contributed by atoms with E-state index in [2.05, 4.69) is 18.2 Å². The second-order valence-corrected chi connectivity index (χ2v) is 6.24. The van der Waals surface area contributed by atoms with E-state index in [0.29, 0.717) is 18.1 Å². The number of hydrogen-bond donors (Lipinski definition) is 1. The first-order valence-electron chi connectivity index (χ1n) is 6.21. The highest BCUT2D eigenvalue weighted by atomic mass is 32.2. The van der Waals surface area contributed by atoms with Gasteiger partial charge < -0.3 is 10.5 Å². The van der Waals surface area contributed by atoms with Gasteiger partial charge in [-0.25, -0.2) is 0 Å². The van der Waals surface area contributed by atoms with E-state index >= 15 is 0 Å². The fourth-order valence-electron chi connectivity index (χ4n) is 1.90. The van der Waals surface area contributed by atoms with Gasteiger partial charge in [-0.1, -0.05) is 23.8 Å². The van der Waals surface area contributed by atoms with E-state index in [1.165, 1.54) is 11.1 Å². The Bertz CT molecular complexity index is 407. The summed E-state index contributed by atoms with van der Waals surface area (Å²) >= 11 is 0. The SMILES string of the molecule is COCCCS(=O)CC(N)c1cc(C)ccc1C. The first-order chi connectivity index (χ1) is 8.54. The average Bonchev–Trinajstić information content (AvgIpc) is 2.32.